The Bertz CT molecular complexity index is 406. The van der Waals surface area contributed by atoms with E-state index in [-0.39, 0.29) is 23.0 Å². The minimum atomic E-state index is -2.99. The predicted octanol–water partition coefficient (Wildman–Crippen LogP) is 3.99. The molecule has 1 aromatic carbocycles. The molecule has 0 spiro atoms. The highest BCUT2D eigenvalue weighted by atomic mass is 35.5. The van der Waals surface area contributed by atoms with E-state index in [1.54, 1.807) is 0 Å². The van der Waals surface area contributed by atoms with E-state index in [1.165, 1.54) is 0 Å². The Balaban J connectivity index is 0.00000162. The lowest BCUT2D eigenvalue weighted by Gasteiger charge is -2.31. The fourth-order valence-corrected chi connectivity index (χ4v) is 2.46. The van der Waals surface area contributed by atoms with Gasteiger partial charge in [-0.15, -0.1) is 12.4 Å². The van der Waals surface area contributed by atoms with Gasteiger partial charge >= 0.3 is 0 Å². The average Bonchev–Trinajstić information content (AvgIpc) is 2.29. The van der Waals surface area contributed by atoms with Crippen molar-refractivity contribution in [2.75, 3.05) is 13.1 Å². The summed E-state index contributed by atoms with van der Waals surface area (Å²) < 4.78 is 41.2. The van der Waals surface area contributed by atoms with Gasteiger partial charge in [0.1, 0.15) is 5.82 Å². The summed E-state index contributed by atoms with van der Waals surface area (Å²) in [6, 6.07) is 3.04. The zero-order valence-electron chi connectivity index (χ0n) is 9.56. The molecule has 0 aliphatic carbocycles. The second kappa shape index (κ2) is 6.13. The number of rotatable bonds is 2. The van der Waals surface area contributed by atoms with Crippen molar-refractivity contribution >= 4 is 24.0 Å². The monoisotopic (exact) mass is 299 g/mol. The topological polar surface area (TPSA) is 12.0 Å². The summed E-state index contributed by atoms with van der Waals surface area (Å²) in [6.45, 7) is 1.16. The van der Waals surface area contributed by atoms with E-state index in [4.69, 9.17) is 11.6 Å². The summed E-state index contributed by atoms with van der Waals surface area (Å²) in [5, 5.41) is 2.84. The van der Waals surface area contributed by atoms with Gasteiger partial charge < -0.3 is 5.32 Å². The number of piperidine rings is 1. The van der Waals surface area contributed by atoms with Crippen LogP contribution in [0.5, 0.6) is 0 Å². The molecule has 1 aliphatic rings. The Hall–Kier alpha value is -0.450. The summed E-state index contributed by atoms with van der Waals surface area (Å²) in [6.07, 6.45) is 0.807. The number of benzene rings is 1. The van der Waals surface area contributed by atoms with Gasteiger partial charge in [-0.05, 0) is 44.1 Å². The van der Waals surface area contributed by atoms with Crippen LogP contribution in [0.1, 0.15) is 18.4 Å². The third-order valence-corrected chi connectivity index (χ3v) is 3.45. The Morgan fingerprint density at radius 2 is 1.83 bits per heavy atom. The summed E-state index contributed by atoms with van der Waals surface area (Å²) >= 11 is 5.70. The van der Waals surface area contributed by atoms with Crippen molar-refractivity contribution in [2.24, 2.45) is 5.92 Å². The van der Waals surface area contributed by atoms with Crippen LogP contribution in [0.3, 0.4) is 0 Å². The third kappa shape index (κ3) is 3.11. The van der Waals surface area contributed by atoms with E-state index >= 15 is 0 Å². The van der Waals surface area contributed by atoms with Crippen molar-refractivity contribution in [1.82, 2.24) is 5.32 Å². The van der Waals surface area contributed by atoms with Crippen LogP contribution in [0.25, 0.3) is 0 Å². The maximum absolute atomic E-state index is 14.2. The molecule has 0 bridgehead atoms. The molecule has 0 aromatic heterocycles. The standard InChI is InChI=1S/C12H13ClF3N.ClH/c13-11-7-9(14)1-2-10(11)12(15,16)8-3-5-17-6-4-8;/h1-2,7-8,17H,3-6H2;1H. The molecule has 1 nitrogen and oxygen atoms in total. The van der Waals surface area contributed by atoms with Crippen LogP contribution in [0, 0.1) is 11.7 Å². The van der Waals surface area contributed by atoms with Gasteiger partial charge in [-0.2, -0.15) is 0 Å². The molecule has 6 heteroatoms. The Morgan fingerprint density at radius 3 is 2.39 bits per heavy atom. The normalized spacial score (nSPS) is 17.3. The van der Waals surface area contributed by atoms with Crippen molar-refractivity contribution in [3.8, 4) is 0 Å². The van der Waals surface area contributed by atoms with E-state index in [0.29, 0.717) is 25.9 Å². The van der Waals surface area contributed by atoms with Crippen molar-refractivity contribution in [3.63, 3.8) is 0 Å². The van der Waals surface area contributed by atoms with Crippen molar-refractivity contribution < 1.29 is 13.2 Å². The van der Waals surface area contributed by atoms with E-state index in [2.05, 4.69) is 5.32 Å². The maximum Gasteiger partial charge on any atom is 0.277 e. The summed E-state index contributed by atoms with van der Waals surface area (Å²) in [4.78, 5) is 0. The van der Waals surface area contributed by atoms with E-state index in [0.717, 1.165) is 18.2 Å². The Kier molecular flexibility index (Phi) is 5.32. The second-order valence-corrected chi connectivity index (χ2v) is 4.68. The largest absolute Gasteiger partial charge is 0.317 e. The molecule has 2 rings (SSSR count). The Morgan fingerprint density at radius 1 is 1.22 bits per heavy atom. The van der Waals surface area contributed by atoms with E-state index < -0.39 is 17.7 Å². The summed E-state index contributed by atoms with van der Waals surface area (Å²) in [5.74, 6) is -4.32. The summed E-state index contributed by atoms with van der Waals surface area (Å²) in [7, 11) is 0. The van der Waals surface area contributed by atoms with Crippen LogP contribution in [0.2, 0.25) is 5.02 Å². The van der Waals surface area contributed by atoms with Crippen molar-refractivity contribution in [2.45, 2.75) is 18.8 Å². The molecule has 1 fully saturated rings. The molecule has 0 atom stereocenters. The molecular formula is C12H14Cl2F3N. The minimum absolute atomic E-state index is 0. The highest BCUT2D eigenvalue weighted by Crippen LogP contribution is 2.43. The molecule has 102 valence electrons. The molecule has 0 amide bonds. The highest BCUT2D eigenvalue weighted by molar-refractivity contribution is 6.31. The quantitative estimate of drug-likeness (QED) is 0.870. The van der Waals surface area contributed by atoms with Crippen LogP contribution in [-0.4, -0.2) is 13.1 Å². The minimum Gasteiger partial charge on any atom is -0.317 e. The van der Waals surface area contributed by atoms with Gasteiger partial charge in [0.25, 0.3) is 5.92 Å². The molecule has 1 heterocycles. The van der Waals surface area contributed by atoms with Crippen LogP contribution in [0.4, 0.5) is 13.2 Å². The maximum atomic E-state index is 14.2. The van der Waals surface area contributed by atoms with Crippen molar-refractivity contribution in [1.29, 1.82) is 0 Å². The van der Waals surface area contributed by atoms with Crippen molar-refractivity contribution in [3.05, 3.63) is 34.6 Å². The van der Waals surface area contributed by atoms with Crippen LogP contribution >= 0.6 is 24.0 Å². The van der Waals surface area contributed by atoms with Gasteiger partial charge in [-0.25, -0.2) is 13.2 Å². The number of hydrogen-bond acceptors (Lipinski definition) is 1. The molecule has 1 N–H and O–H groups in total. The number of hydrogen-bond donors (Lipinski definition) is 1. The first-order valence-corrected chi connectivity index (χ1v) is 5.93. The van der Waals surface area contributed by atoms with E-state index in [1.807, 2.05) is 0 Å². The lowest BCUT2D eigenvalue weighted by molar-refractivity contribution is -0.0752. The molecule has 0 unspecified atom stereocenters. The number of alkyl halides is 2. The molecule has 0 radical (unpaired) electrons. The number of halogens is 5. The highest BCUT2D eigenvalue weighted by Gasteiger charge is 2.42. The third-order valence-electron chi connectivity index (χ3n) is 3.14. The van der Waals surface area contributed by atoms with Gasteiger partial charge in [0, 0.05) is 11.5 Å². The zero-order chi connectivity index (χ0) is 12.5. The van der Waals surface area contributed by atoms with Gasteiger partial charge in [0.05, 0.1) is 5.02 Å². The Labute approximate surface area is 115 Å². The molecule has 1 saturated heterocycles. The van der Waals surface area contributed by atoms with Crippen LogP contribution in [-0.2, 0) is 5.92 Å². The summed E-state index contributed by atoms with van der Waals surface area (Å²) in [5.41, 5.74) is -0.271. The van der Waals surface area contributed by atoms with Gasteiger partial charge in [-0.1, -0.05) is 11.6 Å². The molecule has 1 aliphatic heterocycles. The second-order valence-electron chi connectivity index (χ2n) is 4.27. The first-order chi connectivity index (χ1) is 8.01. The SMILES string of the molecule is Cl.Fc1ccc(C(F)(F)C2CCNCC2)c(Cl)c1. The average molecular weight is 300 g/mol. The first kappa shape index (κ1) is 15.6. The smallest absolute Gasteiger partial charge is 0.277 e. The van der Waals surface area contributed by atoms with Gasteiger partial charge in [0.2, 0.25) is 0 Å². The first-order valence-electron chi connectivity index (χ1n) is 5.56. The lowest BCUT2D eigenvalue weighted by Crippen LogP contribution is -2.36. The van der Waals surface area contributed by atoms with E-state index in [9.17, 15) is 13.2 Å². The lowest BCUT2D eigenvalue weighted by atomic mass is 9.87. The van der Waals surface area contributed by atoms with Gasteiger partial charge in [-0.3, -0.25) is 0 Å². The molecule has 18 heavy (non-hydrogen) atoms. The van der Waals surface area contributed by atoms with Crippen LogP contribution < -0.4 is 5.32 Å². The molecule has 1 aromatic rings. The fraction of sp³-hybridized carbons (Fsp3) is 0.500. The number of nitrogens with one attached hydrogen (secondary N) is 1. The van der Waals surface area contributed by atoms with Crippen LogP contribution in [0.15, 0.2) is 18.2 Å². The van der Waals surface area contributed by atoms with Gasteiger partial charge in [0.15, 0.2) is 0 Å². The predicted molar refractivity (Wildman–Crippen MR) is 68.1 cm³/mol. The fourth-order valence-electron chi connectivity index (χ4n) is 2.16. The molecule has 0 saturated carbocycles. The zero-order valence-corrected chi connectivity index (χ0v) is 11.1. The molecular weight excluding hydrogens is 286 g/mol.